The zero-order valence-electron chi connectivity index (χ0n) is 25.5. The standard InChI is InChI=1S/C31H35ClF2N6O5/c1-37-23(21-7-8-25(45-4)27(34)26(21)33)17-35-28(37)29(42)36-18-5-6-20(22(32)15-18)30(43)38-10-12-39(13-11-38)31(44)24-16-19(41)9-14-40(24,2)3/h5-8,15,17,19,24,41H,9-14,16H2,1-4H3/p+1/t19-,24+/m1/s1. The average molecular weight is 646 g/mol. The third-order valence-electron chi connectivity index (χ3n) is 8.73. The van der Waals surface area contributed by atoms with Crippen LogP contribution in [-0.2, 0) is 11.8 Å². The van der Waals surface area contributed by atoms with Gasteiger partial charge in [-0.05, 0) is 30.3 Å². The molecule has 45 heavy (non-hydrogen) atoms. The Morgan fingerprint density at radius 3 is 2.42 bits per heavy atom. The number of carbonyl (C=O) groups is 3. The molecule has 2 aliphatic rings. The Kier molecular flexibility index (Phi) is 9.15. The Hall–Kier alpha value is -4.07. The highest BCUT2D eigenvalue weighted by atomic mass is 35.5. The molecule has 0 aliphatic carbocycles. The van der Waals surface area contributed by atoms with Gasteiger partial charge in [-0.25, -0.2) is 9.37 Å². The van der Waals surface area contributed by atoms with Gasteiger partial charge in [0, 0.05) is 57.3 Å². The molecule has 0 bridgehead atoms. The smallest absolute Gasteiger partial charge is 0.291 e. The molecule has 2 fully saturated rings. The summed E-state index contributed by atoms with van der Waals surface area (Å²) in [6.07, 6.45) is 1.87. The number of carbonyl (C=O) groups excluding carboxylic acids is 3. The monoisotopic (exact) mass is 645 g/mol. The molecule has 11 nitrogen and oxygen atoms in total. The number of nitrogens with zero attached hydrogens (tertiary/aromatic N) is 5. The minimum Gasteiger partial charge on any atom is -0.494 e. The number of anilines is 1. The van der Waals surface area contributed by atoms with E-state index >= 15 is 0 Å². The van der Waals surface area contributed by atoms with E-state index in [0.29, 0.717) is 49.2 Å². The molecule has 240 valence electrons. The summed E-state index contributed by atoms with van der Waals surface area (Å²) in [6.45, 7) is 2.15. The van der Waals surface area contributed by atoms with Gasteiger partial charge in [0.05, 0.1) is 56.3 Å². The summed E-state index contributed by atoms with van der Waals surface area (Å²) >= 11 is 6.47. The number of rotatable bonds is 6. The van der Waals surface area contributed by atoms with Crippen molar-refractivity contribution in [1.82, 2.24) is 19.4 Å². The van der Waals surface area contributed by atoms with Crippen molar-refractivity contribution in [1.29, 1.82) is 0 Å². The molecule has 0 spiro atoms. The number of benzene rings is 2. The quantitative estimate of drug-likeness (QED) is 0.398. The summed E-state index contributed by atoms with van der Waals surface area (Å²) in [5, 5.41) is 12.9. The highest BCUT2D eigenvalue weighted by Gasteiger charge is 2.43. The molecule has 2 aliphatic heterocycles. The Morgan fingerprint density at radius 1 is 1.07 bits per heavy atom. The number of likely N-dealkylation sites (N-methyl/N-ethyl adjacent to an activating group) is 1. The first-order valence-corrected chi connectivity index (χ1v) is 14.9. The van der Waals surface area contributed by atoms with Crippen LogP contribution >= 0.6 is 11.6 Å². The number of nitrogens with one attached hydrogen (secondary N) is 1. The fourth-order valence-corrected chi connectivity index (χ4v) is 6.18. The summed E-state index contributed by atoms with van der Waals surface area (Å²) in [7, 11) is 6.73. The lowest BCUT2D eigenvalue weighted by Crippen LogP contribution is -2.63. The van der Waals surface area contributed by atoms with Crippen molar-refractivity contribution < 1.29 is 37.5 Å². The number of aliphatic hydroxyl groups excluding tert-OH is 1. The van der Waals surface area contributed by atoms with Crippen molar-refractivity contribution in [2.45, 2.75) is 25.0 Å². The summed E-state index contributed by atoms with van der Waals surface area (Å²) in [5.41, 5.74) is 0.644. The second-order valence-electron chi connectivity index (χ2n) is 11.9. The third-order valence-corrected chi connectivity index (χ3v) is 9.05. The van der Waals surface area contributed by atoms with Gasteiger partial charge in [-0.1, -0.05) is 11.6 Å². The van der Waals surface area contributed by atoms with Gasteiger partial charge < -0.3 is 34.0 Å². The zero-order valence-corrected chi connectivity index (χ0v) is 26.3. The van der Waals surface area contributed by atoms with E-state index < -0.39 is 23.6 Å². The van der Waals surface area contributed by atoms with Crippen molar-refractivity contribution in [2.24, 2.45) is 7.05 Å². The lowest BCUT2D eigenvalue weighted by molar-refractivity contribution is -0.912. The first kappa shape index (κ1) is 32.3. The number of quaternary nitrogens is 1. The zero-order chi connectivity index (χ0) is 32.6. The number of hydrogen-bond donors (Lipinski definition) is 2. The van der Waals surface area contributed by atoms with Crippen LogP contribution in [0.3, 0.4) is 0 Å². The molecular formula is C31H36ClF2N6O5+. The molecule has 1 aromatic heterocycles. The van der Waals surface area contributed by atoms with Gasteiger partial charge in [0.2, 0.25) is 5.82 Å². The first-order valence-electron chi connectivity index (χ1n) is 14.6. The summed E-state index contributed by atoms with van der Waals surface area (Å²) < 4.78 is 35.6. The van der Waals surface area contributed by atoms with Gasteiger partial charge in [0.1, 0.15) is 0 Å². The lowest BCUT2D eigenvalue weighted by Gasteiger charge is -2.45. The van der Waals surface area contributed by atoms with E-state index in [4.69, 9.17) is 16.3 Å². The minimum absolute atomic E-state index is 0.00916. The number of halogens is 3. The second kappa shape index (κ2) is 12.7. The SMILES string of the molecule is COc1ccc(-c2cnc(C(=O)Nc3ccc(C(=O)N4CCN(C(=O)[C@@H]5C[C@H](O)CC[N+]5(C)C)CC4)c(Cl)c3)n2C)c(F)c1F. The third kappa shape index (κ3) is 6.37. The van der Waals surface area contributed by atoms with Gasteiger partial charge in [-0.2, -0.15) is 4.39 Å². The van der Waals surface area contributed by atoms with Gasteiger partial charge in [-0.3, -0.25) is 14.4 Å². The van der Waals surface area contributed by atoms with Crippen molar-refractivity contribution in [3.05, 3.63) is 64.6 Å². The fraction of sp³-hybridized carbons (Fsp3) is 0.419. The Morgan fingerprint density at radius 2 is 1.76 bits per heavy atom. The molecule has 2 N–H and O–H groups in total. The van der Waals surface area contributed by atoms with Crippen LogP contribution in [0.4, 0.5) is 14.5 Å². The molecule has 14 heteroatoms. The van der Waals surface area contributed by atoms with Gasteiger partial charge >= 0.3 is 0 Å². The van der Waals surface area contributed by atoms with E-state index in [2.05, 4.69) is 10.3 Å². The highest BCUT2D eigenvalue weighted by Crippen LogP contribution is 2.31. The molecule has 2 aromatic carbocycles. The molecule has 2 saturated heterocycles. The number of likely N-dealkylation sites (tertiary alicyclic amines) is 1. The maximum absolute atomic E-state index is 14.7. The predicted molar refractivity (Wildman–Crippen MR) is 163 cm³/mol. The molecule has 3 heterocycles. The van der Waals surface area contributed by atoms with E-state index in [1.165, 1.54) is 55.3 Å². The van der Waals surface area contributed by atoms with E-state index in [-0.39, 0.29) is 51.3 Å². The topological polar surface area (TPSA) is 117 Å². The number of aliphatic hydroxyl groups is 1. The van der Waals surface area contributed by atoms with Crippen LogP contribution in [0.1, 0.15) is 33.8 Å². The van der Waals surface area contributed by atoms with E-state index in [0.717, 1.165) is 6.54 Å². The molecule has 0 radical (unpaired) electrons. The van der Waals surface area contributed by atoms with Gasteiger partial charge in [0.15, 0.2) is 23.4 Å². The van der Waals surface area contributed by atoms with Crippen LogP contribution in [-0.4, -0.2) is 113 Å². The number of ether oxygens (including phenoxy) is 1. The van der Waals surface area contributed by atoms with E-state index in [1.54, 1.807) is 9.80 Å². The largest absolute Gasteiger partial charge is 0.494 e. The van der Waals surface area contributed by atoms with Crippen LogP contribution in [0.5, 0.6) is 5.75 Å². The fourth-order valence-electron chi connectivity index (χ4n) is 5.92. The highest BCUT2D eigenvalue weighted by molar-refractivity contribution is 6.34. The molecular weight excluding hydrogens is 610 g/mol. The number of piperidine rings is 1. The summed E-state index contributed by atoms with van der Waals surface area (Å²) in [5.74, 6) is -3.51. The van der Waals surface area contributed by atoms with Crippen LogP contribution in [0, 0.1) is 11.6 Å². The van der Waals surface area contributed by atoms with Crippen molar-refractivity contribution >= 4 is 35.0 Å². The maximum Gasteiger partial charge on any atom is 0.291 e. The second-order valence-corrected chi connectivity index (χ2v) is 12.3. The first-order chi connectivity index (χ1) is 21.3. The number of piperazine rings is 1. The minimum atomic E-state index is -1.15. The molecule has 3 aromatic rings. The number of hydrogen-bond acceptors (Lipinski definition) is 6. The van der Waals surface area contributed by atoms with E-state index in [1.807, 2.05) is 14.1 Å². The average Bonchev–Trinajstić information content (AvgIpc) is 3.40. The normalized spacial score (nSPS) is 19.7. The Bertz CT molecular complexity index is 1640. The number of imidazole rings is 1. The Labute approximate surface area is 264 Å². The Balaban J connectivity index is 1.22. The van der Waals surface area contributed by atoms with Crippen molar-refractivity contribution in [2.75, 3.05) is 59.2 Å². The lowest BCUT2D eigenvalue weighted by atomic mass is 9.96. The molecule has 5 rings (SSSR count). The molecule has 0 saturated carbocycles. The van der Waals surface area contributed by atoms with E-state index in [9.17, 15) is 28.3 Å². The van der Waals surface area contributed by atoms with Crippen LogP contribution in [0.25, 0.3) is 11.3 Å². The molecule has 2 atom stereocenters. The predicted octanol–water partition coefficient (Wildman–Crippen LogP) is 3.16. The van der Waals surface area contributed by atoms with Crippen LogP contribution in [0.15, 0.2) is 36.5 Å². The molecule has 3 amide bonds. The van der Waals surface area contributed by atoms with Gasteiger partial charge in [0.25, 0.3) is 17.7 Å². The number of methoxy groups -OCH3 is 1. The van der Waals surface area contributed by atoms with Crippen molar-refractivity contribution in [3.8, 4) is 17.0 Å². The van der Waals surface area contributed by atoms with Crippen LogP contribution < -0.4 is 10.1 Å². The van der Waals surface area contributed by atoms with Crippen molar-refractivity contribution in [3.63, 3.8) is 0 Å². The van der Waals surface area contributed by atoms with Crippen LogP contribution in [0.2, 0.25) is 5.02 Å². The van der Waals surface area contributed by atoms with Gasteiger partial charge in [-0.15, -0.1) is 0 Å². The molecule has 0 unspecified atom stereocenters. The summed E-state index contributed by atoms with van der Waals surface area (Å²) in [6, 6.07) is 6.80. The summed E-state index contributed by atoms with van der Waals surface area (Å²) in [4.78, 5) is 47.1. The number of aromatic nitrogens is 2. The number of amides is 3. The maximum atomic E-state index is 14.7.